The van der Waals surface area contributed by atoms with Gasteiger partial charge in [0.05, 0.1) is 26.7 Å². The maximum absolute atomic E-state index is 13.4. The van der Waals surface area contributed by atoms with Gasteiger partial charge < -0.3 is 14.3 Å². The average Bonchev–Trinajstić information content (AvgIpc) is 2.87. The summed E-state index contributed by atoms with van der Waals surface area (Å²) in [6.07, 6.45) is 12.6. The summed E-state index contributed by atoms with van der Waals surface area (Å²) in [6, 6.07) is 13.6. The summed E-state index contributed by atoms with van der Waals surface area (Å²) in [5.74, 6) is -0.517. The van der Waals surface area contributed by atoms with Crippen molar-refractivity contribution in [1.82, 2.24) is 4.98 Å². The van der Waals surface area contributed by atoms with Gasteiger partial charge in [-0.3, -0.25) is 4.98 Å². The second kappa shape index (κ2) is 10.8. The van der Waals surface area contributed by atoms with Crippen molar-refractivity contribution in [2.45, 2.75) is 69.5 Å². The topological polar surface area (TPSA) is 59.4 Å². The number of carbonyl (C=O) groups is 1. The predicted octanol–water partition coefficient (Wildman–Crippen LogP) is 4.63. The molecule has 178 valence electrons. The molecule has 0 amide bonds. The summed E-state index contributed by atoms with van der Waals surface area (Å²) in [6.45, 7) is 3.11. The lowest BCUT2D eigenvalue weighted by molar-refractivity contribution is -0.915. The molecular weight excluding hydrogens is 412 g/mol. The zero-order valence-corrected chi connectivity index (χ0v) is 20.0. The highest BCUT2D eigenvalue weighted by atomic mass is 16.6. The number of aliphatic hydroxyl groups is 1. The van der Waals surface area contributed by atoms with Crippen molar-refractivity contribution in [2.75, 3.05) is 26.7 Å². The highest BCUT2D eigenvalue weighted by molar-refractivity contribution is 5.81. The third kappa shape index (κ3) is 5.82. The number of hydrogen-bond donors (Lipinski definition) is 1. The van der Waals surface area contributed by atoms with E-state index in [2.05, 4.69) is 18.1 Å². The number of likely N-dealkylation sites (tertiary alicyclic amines) is 1. The molecule has 1 aliphatic heterocycles. The minimum atomic E-state index is -1.54. The van der Waals surface area contributed by atoms with Gasteiger partial charge in [0.25, 0.3) is 0 Å². The summed E-state index contributed by atoms with van der Waals surface area (Å²) in [5.41, 5.74) is 0.422. The molecule has 0 bridgehead atoms. The van der Waals surface area contributed by atoms with Gasteiger partial charge in [0.15, 0.2) is 5.60 Å². The number of aryl methyl sites for hydroxylation is 1. The summed E-state index contributed by atoms with van der Waals surface area (Å²) in [4.78, 5) is 17.6. The molecule has 1 unspecified atom stereocenters. The fourth-order valence-corrected chi connectivity index (χ4v) is 5.69. The number of ether oxygens (including phenoxy) is 1. The number of carbonyl (C=O) groups excluding carboxylic acids is 1. The fourth-order valence-electron chi connectivity index (χ4n) is 5.69. The van der Waals surface area contributed by atoms with E-state index in [0.29, 0.717) is 5.56 Å². The Hall–Kier alpha value is -2.24. The van der Waals surface area contributed by atoms with Crippen LogP contribution >= 0.6 is 0 Å². The van der Waals surface area contributed by atoms with E-state index < -0.39 is 11.6 Å². The van der Waals surface area contributed by atoms with E-state index in [1.807, 2.05) is 48.8 Å². The molecule has 2 fully saturated rings. The first-order valence-corrected chi connectivity index (χ1v) is 12.7. The van der Waals surface area contributed by atoms with Crippen LogP contribution in [0.15, 0.2) is 54.9 Å². The Morgan fingerprint density at radius 1 is 1.06 bits per heavy atom. The molecule has 1 aliphatic carbocycles. The van der Waals surface area contributed by atoms with E-state index in [4.69, 9.17) is 4.74 Å². The average molecular weight is 452 g/mol. The molecule has 1 saturated heterocycles. The molecule has 2 aliphatic rings. The van der Waals surface area contributed by atoms with Gasteiger partial charge >= 0.3 is 5.97 Å². The standard InChI is InChI=1S/C28H39N2O3/c1-30(19-9-11-23-10-8-18-29-22-23)20-16-26(17-21-30)33-27(31)28(32,24-12-4-2-5-13-24)25-14-6-3-7-15-25/h2,4-5,8,10,12-13,18,22,25-26,32H,3,6-7,9,11,14-17,19-21H2,1H3/q+1. The van der Waals surface area contributed by atoms with Crippen LogP contribution in [0.1, 0.15) is 62.5 Å². The number of pyridine rings is 1. The molecule has 33 heavy (non-hydrogen) atoms. The normalized spacial score (nSPS) is 25.8. The number of quaternary nitrogens is 1. The van der Waals surface area contributed by atoms with Crippen molar-refractivity contribution in [1.29, 1.82) is 0 Å². The van der Waals surface area contributed by atoms with Crippen LogP contribution in [0.3, 0.4) is 0 Å². The van der Waals surface area contributed by atoms with Gasteiger partial charge in [0.2, 0.25) is 0 Å². The van der Waals surface area contributed by atoms with Crippen LogP contribution < -0.4 is 0 Å². The molecule has 2 heterocycles. The monoisotopic (exact) mass is 451 g/mol. The molecule has 1 atom stereocenters. The maximum atomic E-state index is 13.4. The predicted molar refractivity (Wildman–Crippen MR) is 129 cm³/mol. The first-order valence-electron chi connectivity index (χ1n) is 12.7. The first kappa shape index (κ1) is 23.9. The first-order chi connectivity index (χ1) is 16.0. The maximum Gasteiger partial charge on any atom is 0.343 e. The number of benzene rings is 1. The Labute approximate surface area is 198 Å². The van der Waals surface area contributed by atoms with Crippen molar-refractivity contribution in [2.24, 2.45) is 5.92 Å². The van der Waals surface area contributed by atoms with E-state index in [0.717, 1.165) is 75.5 Å². The summed E-state index contributed by atoms with van der Waals surface area (Å²) in [7, 11) is 2.31. The lowest BCUT2D eigenvalue weighted by atomic mass is 9.73. The van der Waals surface area contributed by atoms with Crippen molar-refractivity contribution in [3.63, 3.8) is 0 Å². The van der Waals surface area contributed by atoms with Gasteiger partial charge in [-0.2, -0.15) is 0 Å². The highest BCUT2D eigenvalue weighted by Crippen LogP contribution is 2.41. The Kier molecular flexibility index (Phi) is 7.82. The van der Waals surface area contributed by atoms with Crippen LogP contribution in [0.2, 0.25) is 0 Å². The quantitative estimate of drug-likeness (QED) is 0.469. The minimum Gasteiger partial charge on any atom is -0.460 e. The molecule has 1 aromatic carbocycles. The van der Waals surface area contributed by atoms with E-state index in [1.54, 1.807) is 0 Å². The summed E-state index contributed by atoms with van der Waals surface area (Å²) >= 11 is 0. The Balaban J connectivity index is 1.34. The number of rotatable bonds is 8. The number of nitrogens with zero attached hydrogens (tertiary/aromatic N) is 2. The molecular formula is C28H39N2O3+. The summed E-state index contributed by atoms with van der Waals surface area (Å²) in [5, 5.41) is 11.8. The van der Waals surface area contributed by atoms with E-state index >= 15 is 0 Å². The number of esters is 1. The van der Waals surface area contributed by atoms with Gasteiger partial charge in [-0.05, 0) is 36.5 Å². The van der Waals surface area contributed by atoms with Crippen LogP contribution in [0.25, 0.3) is 0 Å². The van der Waals surface area contributed by atoms with Gasteiger partial charge in [-0.15, -0.1) is 0 Å². The molecule has 1 aromatic heterocycles. The molecule has 2 aromatic rings. The zero-order valence-electron chi connectivity index (χ0n) is 20.0. The molecule has 1 saturated carbocycles. The van der Waals surface area contributed by atoms with E-state index in [-0.39, 0.29) is 12.0 Å². The summed E-state index contributed by atoms with van der Waals surface area (Å²) < 4.78 is 7.04. The van der Waals surface area contributed by atoms with Crippen molar-refractivity contribution in [3.8, 4) is 0 Å². The second-order valence-electron chi connectivity index (χ2n) is 10.3. The smallest absolute Gasteiger partial charge is 0.343 e. The van der Waals surface area contributed by atoms with Crippen LogP contribution in [-0.4, -0.2) is 53.3 Å². The van der Waals surface area contributed by atoms with Gasteiger partial charge in [0, 0.05) is 37.6 Å². The SMILES string of the molecule is C[N+]1(CCCc2cccnc2)CCC(OC(=O)C(O)(c2ccccc2)C2CCCCC2)CC1. The molecule has 0 radical (unpaired) electrons. The van der Waals surface area contributed by atoms with Crippen LogP contribution in [0.5, 0.6) is 0 Å². The molecule has 4 rings (SSSR count). The molecule has 1 N–H and O–H groups in total. The van der Waals surface area contributed by atoms with Crippen molar-refractivity contribution in [3.05, 3.63) is 66.0 Å². The second-order valence-corrected chi connectivity index (χ2v) is 10.3. The van der Waals surface area contributed by atoms with Crippen LogP contribution in [-0.2, 0) is 21.6 Å². The number of hydrogen-bond acceptors (Lipinski definition) is 4. The van der Waals surface area contributed by atoms with Crippen molar-refractivity contribution >= 4 is 5.97 Å². The van der Waals surface area contributed by atoms with Gasteiger partial charge in [-0.25, -0.2) is 4.79 Å². The van der Waals surface area contributed by atoms with Gasteiger partial charge in [-0.1, -0.05) is 55.7 Å². The van der Waals surface area contributed by atoms with E-state index in [9.17, 15) is 9.90 Å². The Morgan fingerprint density at radius 3 is 2.45 bits per heavy atom. The molecule has 5 nitrogen and oxygen atoms in total. The van der Waals surface area contributed by atoms with Crippen LogP contribution in [0, 0.1) is 5.92 Å². The van der Waals surface area contributed by atoms with E-state index in [1.165, 1.54) is 12.0 Å². The minimum absolute atomic E-state index is 0.0711. The van der Waals surface area contributed by atoms with Crippen LogP contribution in [0.4, 0.5) is 0 Å². The third-order valence-electron chi connectivity index (χ3n) is 7.86. The Bertz CT molecular complexity index is 875. The number of aromatic nitrogens is 1. The van der Waals surface area contributed by atoms with Gasteiger partial charge in [0.1, 0.15) is 6.10 Å². The molecule has 5 heteroatoms. The highest BCUT2D eigenvalue weighted by Gasteiger charge is 2.48. The third-order valence-corrected chi connectivity index (χ3v) is 7.86. The largest absolute Gasteiger partial charge is 0.460 e. The number of piperidine rings is 1. The Morgan fingerprint density at radius 2 is 1.79 bits per heavy atom. The molecule has 0 spiro atoms. The lowest BCUT2D eigenvalue weighted by Gasteiger charge is -2.42. The zero-order chi connectivity index (χ0) is 23.2. The fraction of sp³-hybridized carbons (Fsp3) is 0.571. The lowest BCUT2D eigenvalue weighted by Crippen LogP contribution is -2.53. The van der Waals surface area contributed by atoms with Crippen molar-refractivity contribution < 1.29 is 19.1 Å².